The molecule has 6 rings (SSSR count). The lowest BCUT2D eigenvalue weighted by Gasteiger charge is -2.31. The molecule has 2 aromatic carbocycles. The lowest BCUT2D eigenvalue weighted by Crippen LogP contribution is -2.47. The predicted octanol–water partition coefficient (Wildman–Crippen LogP) is 4.37. The molecule has 0 saturated heterocycles. The van der Waals surface area contributed by atoms with Crippen LogP contribution in [0.5, 0.6) is 5.75 Å². The first-order valence-corrected chi connectivity index (χ1v) is 12.1. The fourth-order valence-electron chi connectivity index (χ4n) is 4.99. The number of allylic oxidation sites excluding steroid dienone is 1. The number of phenolic OH excluding ortho intramolecular Hbond substituents is 1. The highest BCUT2D eigenvalue weighted by molar-refractivity contribution is 6.22. The Morgan fingerprint density at radius 3 is 2.58 bits per heavy atom. The number of nitrogens with zero attached hydrogens (tertiary/aromatic N) is 3. The maximum atomic E-state index is 14.1. The summed E-state index contributed by atoms with van der Waals surface area (Å²) in [5, 5.41) is 18.2. The fourth-order valence-corrected chi connectivity index (χ4v) is 4.99. The van der Waals surface area contributed by atoms with Gasteiger partial charge in [0, 0.05) is 18.0 Å². The van der Waals surface area contributed by atoms with E-state index in [4.69, 9.17) is 0 Å². The number of phenols is 1. The Hall–Kier alpha value is -4.43. The number of anilines is 1. The van der Waals surface area contributed by atoms with Crippen molar-refractivity contribution < 1.29 is 9.90 Å². The first-order chi connectivity index (χ1) is 17.7. The minimum Gasteiger partial charge on any atom is -0.508 e. The maximum absolute atomic E-state index is 14.1. The van der Waals surface area contributed by atoms with Crippen molar-refractivity contribution in [2.24, 2.45) is 0 Å². The number of aromatic hydroxyl groups is 1. The van der Waals surface area contributed by atoms with E-state index in [1.807, 2.05) is 18.2 Å². The number of fused-ring (bicyclic) bond motifs is 1. The van der Waals surface area contributed by atoms with Gasteiger partial charge in [0.25, 0.3) is 5.91 Å². The SMILES string of the molecule is O=C1C(c2ccc(O)cc2)=C(Nc2cnccn2)NC2=C(C3=CCCCC3)C(c3ccccc3)NN12. The van der Waals surface area contributed by atoms with Crippen LogP contribution in [0.4, 0.5) is 5.82 Å². The van der Waals surface area contributed by atoms with Crippen LogP contribution in [0.2, 0.25) is 0 Å². The van der Waals surface area contributed by atoms with E-state index in [2.05, 4.69) is 44.2 Å². The van der Waals surface area contributed by atoms with Crippen molar-refractivity contribution in [2.75, 3.05) is 5.32 Å². The van der Waals surface area contributed by atoms with Gasteiger partial charge >= 0.3 is 0 Å². The first-order valence-electron chi connectivity index (χ1n) is 12.1. The molecule has 36 heavy (non-hydrogen) atoms. The minimum absolute atomic E-state index is 0.134. The summed E-state index contributed by atoms with van der Waals surface area (Å²) in [6, 6.07) is 16.6. The van der Waals surface area contributed by atoms with Crippen LogP contribution in [0.15, 0.2) is 102 Å². The molecule has 0 spiro atoms. The molecule has 8 nitrogen and oxygen atoms in total. The monoisotopic (exact) mass is 478 g/mol. The third kappa shape index (κ3) is 4.01. The van der Waals surface area contributed by atoms with E-state index >= 15 is 0 Å². The number of hydrogen-bond acceptors (Lipinski definition) is 7. The van der Waals surface area contributed by atoms with Gasteiger partial charge in [-0.1, -0.05) is 48.5 Å². The quantitative estimate of drug-likeness (QED) is 0.432. The van der Waals surface area contributed by atoms with Gasteiger partial charge < -0.3 is 15.7 Å². The van der Waals surface area contributed by atoms with Gasteiger partial charge in [0.1, 0.15) is 23.2 Å². The second kappa shape index (κ2) is 9.31. The van der Waals surface area contributed by atoms with Crippen LogP contribution in [-0.2, 0) is 4.79 Å². The summed E-state index contributed by atoms with van der Waals surface area (Å²) >= 11 is 0. The lowest BCUT2D eigenvalue weighted by atomic mass is 9.87. The summed E-state index contributed by atoms with van der Waals surface area (Å²) in [5.41, 5.74) is 7.99. The number of rotatable bonds is 5. The molecule has 0 saturated carbocycles. The van der Waals surface area contributed by atoms with Crippen LogP contribution in [0.1, 0.15) is 42.9 Å². The summed E-state index contributed by atoms with van der Waals surface area (Å²) in [5.74, 6) is 1.68. The fraction of sp³-hybridized carbons (Fsp3) is 0.179. The Labute approximate surface area is 209 Å². The van der Waals surface area contributed by atoms with Crippen LogP contribution in [0.3, 0.4) is 0 Å². The molecule has 0 bridgehead atoms. The zero-order chi connectivity index (χ0) is 24.5. The first kappa shape index (κ1) is 22.1. The molecular weight excluding hydrogens is 452 g/mol. The van der Waals surface area contributed by atoms with Crippen molar-refractivity contribution in [1.82, 2.24) is 25.7 Å². The molecule has 1 atom stereocenters. The highest BCUT2D eigenvalue weighted by Crippen LogP contribution is 2.42. The number of carbonyl (C=O) groups excluding carboxylic acids is 1. The van der Waals surface area contributed by atoms with Crippen molar-refractivity contribution in [3.63, 3.8) is 0 Å². The van der Waals surface area contributed by atoms with Crippen LogP contribution in [-0.4, -0.2) is 26.0 Å². The topological polar surface area (TPSA) is 102 Å². The normalized spacial score (nSPS) is 19.7. The molecule has 8 heteroatoms. The van der Waals surface area contributed by atoms with Gasteiger partial charge in [-0.05, 0) is 54.5 Å². The van der Waals surface area contributed by atoms with Gasteiger partial charge in [0.05, 0.1) is 17.8 Å². The summed E-state index contributed by atoms with van der Waals surface area (Å²) < 4.78 is 0. The number of nitrogens with one attached hydrogen (secondary N) is 3. The van der Waals surface area contributed by atoms with E-state index < -0.39 is 0 Å². The summed E-state index contributed by atoms with van der Waals surface area (Å²) in [6.45, 7) is 0. The molecule has 180 valence electrons. The number of amides is 1. The second-order valence-electron chi connectivity index (χ2n) is 8.99. The molecule has 4 N–H and O–H groups in total. The van der Waals surface area contributed by atoms with E-state index in [1.165, 1.54) is 12.0 Å². The van der Waals surface area contributed by atoms with E-state index in [-0.39, 0.29) is 17.7 Å². The summed E-state index contributed by atoms with van der Waals surface area (Å²) in [7, 11) is 0. The third-order valence-electron chi connectivity index (χ3n) is 6.68. The van der Waals surface area contributed by atoms with Gasteiger partial charge in [-0.25, -0.2) is 15.4 Å². The molecular formula is C28H26N6O2. The molecule has 3 heterocycles. The largest absolute Gasteiger partial charge is 0.508 e. The van der Waals surface area contributed by atoms with Gasteiger partial charge in [-0.15, -0.1) is 0 Å². The predicted molar refractivity (Wildman–Crippen MR) is 137 cm³/mol. The highest BCUT2D eigenvalue weighted by Gasteiger charge is 2.42. The van der Waals surface area contributed by atoms with Gasteiger partial charge in [0.15, 0.2) is 0 Å². The van der Waals surface area contributed by atoms with E-state index in [0.717, 1.165) is 36.2 Å². The molecule has 1 unspecified atom stereocenters. The molecule has 0 fully saturated rings. The third-order valence-corrected chi connectivity index (χ3v) is 6.68. The Balaban J connectivity index is 1.50. The Kier molecular flexibility index (Phi) is 5.71. The van der Waals surface area contributed by atoms with E-state index in [9.17, 15) is 9.90 Å². The van der Waals surface area contributed by atoms with Crippen LogP contribution >= 0.6 is 0 Å². The zero-order valence-electron chi connectivity index (χ0n) is 19.6. The van der Waals surface area contributed by atoms with Crippen molar-refractivity contribution in [1.29, 1.82) is 0 Å². The maximum Gasteiger partial charge on any atom is 0.278 e. The summed E-state index contributed by atoms with van der Waals surface area (Å²) in [6.07, 6.45) is 11.4. The summed E-state index contributed by atoms with van der Waals surface area (Å²) in [4.78, 5) is 22.6. The van der Waals surface area contributed by atoms with E-state index in [0.29, 0.717) is 22.8 Å². The standard InChI is InChI=1S/C28H26N6O2/c35-21-13-11-19(12-14-21)24-26(31-22-17-29-15-16-30-22)32-27-23(18-7-3-1-4-8-18)25(33-34(27)28(24)36)20-9-5-2-6-10-20/h2,5-7,9-17,25,32-33,35H,1,3-4,8H2,(H,30,31). The second-order valence-corrected chi connectivity index (χ2v) is 8.99. The van der Waals surface area contributed by atoms with Crippen LogP contribution in [0, 0.1) is 0 Å². The molecule has 1 aliphatic carbocycles. The van der Waals surface area contributed by atoms with Gasteiger partial charge in [0.2, 0.25) is 0 Å². The Morgan fingerprint density at radius 2 is 1.86 bits per heavy atom. The van der Waals surface area contributed by atoms with Crippen molar-refractivity contribution in [2.45, 2.75) is 31.7 Å². The van der Waals surface area contributed by atoms with Crippen molar-refractivity contribution in [3.8, 4) is 5.75 Å². The molecule has 1 aromatic heterocycles. The van der Waals surface area contributed by atoms with Crippen molar-refractivity contribution >= 4 is 17.3 Å². The average molecular weight is 479 g/mol. The molecule has 3 aliphatic rings. The number of hydrogen-bond donors (Lipinski definition) is 4. The minimum atomic E-state index is -0.201. The average Bonchev–Trinajstić information content (AvgIpc) is 3.31. The number of hydrazine groups is 1. The highest BCUT2D eigenvalue weighted by atomic mass is 16.3. The van der Waals surface area contributed by atoms with E-state index in [1.54, 1.807) is 47.9 Å². The zero-order valence-corrected chi connectivity index (χ0v) is 19.6. The molecule has 0 radical (unpaired) electrons. The van der Waals surface area contributed by atoms with Crippen molar-refractivity contribution in [3.05, 3.63) is 113 Å². The van der Waals surface area contributed by atoms with Crippen LogP contribution in [0.25, 0.3) is 5.57 Å². The number of benzene rings is 2. The molecule has 2 aliphatic heterocycles. The van der Waals surface area contributed by atoms with Gasteiger partial charge in [-0.2, -0.15) is 0 Å². The molecule has 3 aromatic rings. The number of carbonyl (C=O) groups is 1. The Bertz CT molecular complexity index is 1380. The smallest absolute Gasteiger partial charge is 0.278 e. The number of aromatic nitrogens is 2. The van der Waals surface area contributed by atoms with Crippen LogP contribution < -0.4 is 16.1 Å². The van der Waals surface area contributed by atoms with Gasteiger partial charge in [-0.3, -0.25) is 9.78 Å². The lowest BCUT2D eigenvalue weighted by molar-refractivity contribution is -0.126. The molecule has 1 amide bonds. The Morgan fingerprint density at radius 1 is 1.03 bits per heavy atom.